The smallest absolute Gasteiger partial charge is 0.306 e. The van der Waals surface area contributed by atoms with Gasteiger partial charge >= 0.3 is 5.97 Å². The highest BCUT2D eigenvalue weighted by Crippen LogP contribution is 2.45. The molecule has 4 atom stereocenters. The lowest BCUT2D eigenvalue weighted by Crippen LogP contribution is -2.44. The second kappa shape index (κ2) is 2.73. The Morgan fingerprint density at radius 1 is 1.25 bits per heavy atom. The molecule has 0 saturated heterocycles. The van der Waals surface area contributed by atoms with Crippen LogP contribution in [0, 0.1) is 17.8 Å². The van der Waals surface area contributed by atoms with E-state index >= 15 is 0 Å². The minimum absolute atomic E-state index is 0.0347. The number of hydrogen-bond donors (Lipinski definition) is 2. The van der Waals surface area contributed by atoms with Gasteiger partial charge < -0.3 is 10.2 Å². The lowest BCUT2D eigenvalue weighted by Gasteiger charge is -2.43. The van der Waals surface area contributed by atoms with Crippen molar-refractivity contribution in [2.45, 2.75) is 31.8 Å². The van der Waals surface area contributed by atoms with Crippen molar-refractivity contribution in [1.82, 2.24) is 0 Å². The first-order valence-corrected chi connectivity index (χ1v) is 4.59. The summed E-state index contributed by atoms with van der Waals surface area (Å²) in [4.78, 5) is 10.8. The van der Waals surface area contributed by atoms with Gasteiger partial charge in [0.25, 0.3) is 0 Å². The summed E-state index contributed by atoms with van der Waals surface area (Å²) in [7, 11) is 0. The lowest BCUT2D eigenvalue weighted by atomic mass is 9.63. The van der Waals surface area contributed by atoms with Crippen LogP contribution in [0.5, 0.6) is 0 Å². The van der Waals surface area contributed by atoms with Gasteiger partial charge in [-0.15, -0.1) is 0 Å². The van der Waals surface area contributed by atoms with Crippen molar-refractivity contribution in [2.24, 2.45) is 17.8 Å². The molecule has 3 aliphatic rings. The Balaban J connectivity index is 2.14. The average Bonchev–Trinajstić information content (AvgIpc) is 2.04. The van der Waals surface area contributed by atoms with E-state index in [4.69, 9.17) is 5.11 Å². The monoisotopic (exact) mass is 170 g/mol. The second-order valence-electron chi connectivity index (χ2n) is 4.09. The number of aliphatic hydroxyl groups excluding tert-OH is 1. The van der Waals surface area contributed by atoms with E-state index in [0.717, 1.165) is 25.7 Å². The lowest BCUT2D eigenvalue weighted by molar-refractivity contribution is -0.152. The van der Waals surface area contributed by atoms with Crippen LogP contribution in [-0.2, 0) is 4.79 Å². The number of fused-ring (bicyclic) bond motifs is 3. The van der Waals surface area contributed by atoms with E-state index in [1.807, 2.05) is 0 Å². The predicted molar refractivity (Wildman–Crippen MR) is 42.6 cm³/mol. The Labute approximate surface area is 71.4 Å². The molecule has 0 aromatic heterocycles. The summed E-state index contributed by atoms with van der Waals surface area (Å²) in [5, 5.41) is 18.4. The normalized spacial score (nSPS) is 46.1. The highest BCUT2D eigenvalue weighted by molar-refractivity contribution is 5.70. The van der Waals surface area contributed by atoms with Crippen LogP contribution in [0.2, 0.25) is 0 Å². The van der Waals surface area contributed by atoms with E-state index in [1.54, 1.807) is 0 Å². The van der Waals surface area contributed by atoms with E-state index in [9.17, 15) is 9.90 Å². The molecule has 3 aliphatic carbocycles. The minimum atomic E-state index is -0.719. The van der Waals surface area contributed by atoms with Crippen molar-refractivity contribution in [2.75, 3.05) is 0 Å². The van der Waals surface area contributed by atoms with Gasteiger partial charge in [0.1, 0.15) is 0 Å². The Kier molecular flexibility index (Phi) is 1.83. The van der Waals surface area contributed by atoms with E-state index in [0.29, 0.717) is 5.92 Å². The van der Waals surface area contributed by atoms with Crippen LogP contribution in [0.15, 0.2) is 0 Å². The fourth-order valence-corrected chi connectivity index (χ4v) is 2.76. The van der Waals surface area contributed by atoms with Crippen LogP contribution in [0.1, 0.15) is 25.7 Å². The number of carbonyl (C=O) groups is 1. The summed E-state index contributed by atoms with van der Waals surface area (Å²) >= 11 is 0. The summed E-state index contributed by atoms with van der Waals surface area (Å²) in [5.74, 6) is -0.491. The summed E-state index contributed by atoms with van der Waals surface area (Å²) in [5.41, 5.74) is 0. The van der Waals surface area contributed by atoms with Crippen molar-refractivity contribution in [3.8, 4) is 0 Å². The highest BCUT2D eigenvalue weighted by Gasteiger charge is 2.44. The Bertz CT molecular complexity index is 202. The number of hydrogen-bond acceptors (Lipinski definition) is 2. The molecule has 2 bridgehead atoms. The number of carboxylic acid groups (broad SMARTS) is 1. The van der Waals surface area contributed by atoms with Gasteiger partial charge in [-0.3, -0.25) is 4.79 Å². The number of aliphatic carboxylic acids is 1. The summed E-state index contributed by atoms with van der Waals surface area (Å²) < 4.78 is 0. The molecule has 0 aromatic rings. The minimum Gasteiger partial charge on any atom is -0.481 e. The Morgan fingerprint density at radius 2 is 2.00 bits per heavy atom. The molecule has 0 aliphatic heterocycles. The summed E-state index contributed by atoms with van der Waals surface area (Å²) in [6, 6.07) is 0. The predicted octanol–water partition coefficient (Wildman–Crippen LogP) is 0.868. The van der Waals surface area contributed by atoms with Crippen molar-refractivity contribution >= 4 is 5.97 Å². The number of aliphatic hydroxyl groups is 1. The van der Waals surface area contributed by atoms with Gasteiger partial charge in [-0.25, -0.2) is 0 Å². The molecule has 3 rings (SSSR count). The SMILES string of the molecule is O=C(O)[C@@H]1CC2CCC1[C@H](O)C2. The maximum Gasteiger partial charge on any atom is 0.306 e. The van der Waals surface area contributed by atoms with E-state index in [2.05, 4.69) is 0 Å². The molecule has 2 N–H and O–H groups in total. The van der Waals surface area contributed by atoms with Gasteiger partial charge in [0.2, 0.25) is 0 Å². The molecule has 0 amide bonds. The highest BCUT2D eigenvalue weighted by atomic mass is 16.4. The van der Waals surface area contributed by atoms with Gasteiger partial charge in [-0.05, 0) is 37.5 Å². The third kappa shape index (κ3) is 1.12. The standard InChI is InChI=1S/C9H14O3/c10-8-4-5-1-2-6(8)7(3-5)9(11)12/h5-8,10H,1-4H2,(H,11,12)/t5?,6?,7-,8-/m1/s1. The van der Waals surface area contributed by atoms with Gasteiger partial charge in [0.15, 0.2) is 0 Å². The van der Waals surface area contributed by atoms with Crippen LogP contribution in [-0.4, -0.2) is 22.3 Å². The van der Waals surface area contributed by atoms with Gasteiger partial charge in [-0.2, -0.15) is 0 Å². The van der Waals surface area contributed by atoms with Crippen LogP contribution >= 0.6 is 0 Å². The molecule has 2 unspecified atom stereocenters. The molecule has 0 spiro atoms. The largest absolute Gasteiger partial charge is 0.481 e. The van der Waals surface area contributed by atoms with Gasteiger partial charge in [0.05, 0.1) is 12.0 Å². The molecule has 3 nitrogen and oxygen atoms in total. The zero-order chi connectivity index (χ0) is 8.72. The Hall–Kier alpha value is -0.570. The number of carboxylic acids is 1. The first-order chi connectivity index (χ1) is 5.68. The zero-order valence-electron chi connectivity index (χ0n) is 6.94. The van der Waals surface area contributed by atoms with Crippen LogP contribution in [0.3, 0.4) is 0 Å². The third-order valence-electron chi connectivity index (χ3n) is 3.40. The van der Waals surface area contributed by atoms with Gasteiger partial charge in [0, 0.05) is 0 Å². The van der Waals surface area contributed by atoms with Crippen LogP contribution in [0.25, 0.3) is 0 Å². The molecular weight excluding hydrogens is 156 g/mol. The van der Waals surface area contributed by atoms with Gasteiger partial charge in [-0.1, -0.05) is 0 Å². The Morgan fingerprint density at radius 3 is 2.42 bits per heavy atom. The zero-order valence-corrected chi connectivity index (χ0v) is 6.94. The van der Waals surface area contributed by atoms with Crippen LogP contribution in [0.4, 0.5) is 0 Å². The molecule has 3 heteroatoms. The molecule has 3 saturated carbocycles. The summed E-state index contributed by atoms with van der Waals surface area (Å²) in [6.45, 7) is 0. The van der Waals surface area contributed by atoms with E-state index in [-0.39, 0.29) is 17.9 Å². The first kappa shape index (κ1) is 8.05. The molecule has 0 radical (unpaired) electrons. The quantitative estimate of drug-likeness (QED) is 0.614. The topological polar surface area (TPSA) is 57.5 Å². The second-order valence-corrected chi connectivity index (χ2v) is 4.09. The van der Waals surface area contributed by atoms with Crippen molar-refractivity contribution in [3.63, 3.8) is 0 Å². The third-order valence-corrected chi connectivity index (χ3v) is 3.40. The molecule has 68 valence electrons. The maximum atomic E-state index is 10.8. The van der Waals surface area contributed by atoms with E-state index < -0.39 is 5.97 Å². The fourth-order valence-electron chi connectivity index (χ4n) is 2.76. The molecule has 0 aromatic carbocycles. The molecule has 3 fully saturated rings. The van der Waals surface area contributed by atoms with Crippen molar-refractivity contribution < 1.29 is 15.0 Å². The average molecular weight is 170 g/mol. The van der Waals surface area contributed by atoms with Crippen molar-refractivity contribution in [3.05, 3.63) is 0 Å². The maximum absolute atomic E-state index is 10.8. The summed E-state index contributed by atoms with van der Waals surface area (Å²) in [6.07, 6.45) is 3.29. The fraction of sp³-hybridized carbons (Fsp3) is 0.889. The van der Waals surface area contributed by atoms with E-state index in [1.165, 1.54) is 0 Å². The molecule has 12 heavy (non-hydrogen) atoms. The molecule has 0 heterocycles. The molecular formula is C9H14O3. The first-order valence-electron chi connectivity index (χ1n) is 4.59. The van der Waals surface area contributed by atoms with Crippen LogP contribution < -0.4 is 0 Å². The number of rotatable bonds is 1. The van der Waals surface area contributed by atoms with Crippen molar-refractivity contribution in [1.29, 1.82) is 0 Å².